The molecule has 0 saturated heterocycles. The van der Waals surface area contributed by atoms with Crippen LogP contribution < -0.4 is 0 Å². The second-order valence-corrected chi connectivity index (χ2v) is 14.1. The summed E-state index contributed by atoms with van der Waals surface area (Å²) < 4.78 is 4.80. The van der Waals surface area contributed by atoms with E-state index in [2.05, 4.69) is 169 Å². The van der Waals surface area contributed by atoms with E-state index in [4.69, 9.17) is 9.97 Å². The molecule has 6 aromatic carbocycles. The van der Waals surface area contributed by atoms with E-state index < -0.39 is 0 Å². The lowest BCUT2D eigenvalue weighted by Crippen LogP contribution is -2.23. The van der Waals surface area contributed by atoms with Gasteiger partial charge in [-0.2, -0.15) is 0 Å². The van der Waals surface area contributed by atoms with Crippen LogP contribution in [0.1, 0.15) is 25.0 Å². The van der Waals surface area contributed by atoms with Crippen LogP contribution in [-0.4, -0.2) is 19.1 Å². The lowest BCUT2D eigenvalue weighted by molar-refractivity contribution is 0.606. The summed E-state index contributed by atoms with van der Waals surface area (Å²) in [5, 5.41) is 5.91. The second-order valence-electron chi connectivity index (χ2n) is 13.0. The van der Waals surface area contributed by atoms with Crippen molar-refractivity contribution in [2.45, 2.75) is 29.2 Å². The van der Waals surface area contributed by atoms with E-state index >= 15 is 0 Å². The van der Waals surface area contributed by atoms with Gasteiger partial charge in [-0.1, -0.05) is 141 Å². The minimum absolute atomic E-state index is 0.208. The summed E-state index contributed by atoms with van der Waals surface area (Å²) in [4.78, 5) is 12.0. The van der Waals surface area contributed by atoms with E-state index in [1.807, 2.05) is 11.8 Å². The molecule has 3 aromatic heterocycles. The van der Waals surface area contributed by atoms with Gasteiger partial charge in [0.05, 0.1) is 32.8 Å². The maximum Gasteiger partial charge on any atom is 0.235 e. The molecule has 0 unspecified atom stereocenters. The molecule has 0 N–H and O–H groups in total. The largest absolute Gasteiger partial charge is 0.302 e. The van der Waals surface area contributed by atoms with E-state index in [0.717, 1.165) is 38.9 Å². The molecule has 4 heterocycles. The molecule has 0 atom stereocenters. The minimum Gasteiger partial charge on any atom is -0.302 e. The summed E-state index contributed by atoms with van der Waals surface area (Å²) in [6.07, 6.45) is 0. The molecule has 10 rings (SSSR count). The van der Waals surface area contributed by atoms with Crippen molar-refractivity contribution in [2.24, 2.45) is 0 Å². The Morgan fingerprint density at radius 1 is 0.542 bits per heavy atom. The molecular weight excluding hydrogens is 605 g/mol. The number of para-hydroxylation sites is 3. The summed E-state index contributed by atoms with van der Waals surface area (Å²) in [5.41, 5.74) is 9.94. The first-order chi connectivity index (χ1) is 23.6. The predicted octanol–water partition coefficient (Wildman–Crippen LogP) is 11.1. The molecule has 0 radical (unpaired) electrons. The van der Waals surface area contributed by atoms with Crippen LogP contribution in [0, 0.1) is 0 Å². The van der Waals surface area contributed by atoms with Crippen LogP contribution in [0.2, 0.25) is 0 Å². The third-order valence-corrected chi connectivity index (χ3v) is 11.1. The number of nitrogens with zero attached hydrogens (tertiary/aromatic N) is 4. The zero-order chi connectivity index (χ0) is 32.0. The molecule has 0 fully saturated rings. The Labute approximate surface area is 282 Å². The minimum atomic E-state index is -0.208. The normalized spacial score (nSPS) is 13.7. The quantitative estimate of drug-likeness (QED) is 0.194. The first-order valence-electron chi connectivity index (χ1n) is 16.4. The Morgan fingerprint density at radius 3 is 2.02 bits per heavy atom. The fourth-order valence-electron chi connectivity index (χ4n) is 7.82. The molecule has 0 saturated carbocycles. The monoisotopic (exact) mass is 634 g/mol. The Balaban J connectivity index is 1.41. The van der Waals surface area contributed by atoms with Gasteiger partial charge in [0.1, 0.15) is 0 Å². The van der Waals surface area contributed by atoms with Gasteiger partial charge in [-0.15, -0.1) is 0 Å². The Morgan fingerprint density at radius 2 is 1.19 bits per heavy atom. The van der Waals surface area contributed by atoms with E-state index in [1.54, 1.807) is 0 Å². The molecule has 48 heavy (non-hydrogen) atoms. The van der Waals surface area contributed by atoms with E-state index in [-0.39, 0.29) is 5.41 Å². The highest BCUT2D eigenvalue weighted by Gasteiger charge is 2.39. The van der Waals surface area contributed by atoms with Crippen molar-refractivity contribution < 1.29 is 0 Å². The molecule has 0 spiro atoms. The number of hydrogen-bond donors (Lipinski definition) is 0. The molecule has 4 nitrogen and oxygen atoms in total. The van der Waals surface area contributed by atoms with Crippen LogP contribution in [0.15, 0.2) is 156 Å². The van der Waals surface area contributed by atoms with Gasteiger partial charge in [0.25, 0.3) is 0 Å². The molecule has 1 aliphatic heterocycles. The highest BCUT2D eigenvalue weighted by Crippen LogP contribution is 2.55. The fourth-order valence-corrected chi connectivity index (χ4v) is 9.36. The van der Waals surface area contributed by atoms with Crippen molar-refractivity contribution >= 4 is 55.4 Å². The van der Waals surface area contributed by atoms with Crippen LogP contribution in [0.4, 0.5) is 0 Å². The van der Waals surface area contributed by atoms with Gasteiger partial charge in [0.15, 0.2) is 0 Å². The van der Waals surface area contributed by atoms with Gasteiger partial charge in [-0.3, -0.25) is 4.57 Å². The summed E-state index contributed by atoms with van der Waals surface area (Å²) in [6, 6.07) is 51.8. The maximum absolute atomic E-state index is 5.40. The van der Waals surface area contributed by atoms with Crippen molar-refractivity contribution in [3.63, 3.8) is 0 Å². The van der Waals surface area contributed by atoms with Crippen LogP contribution >= 0.6 is 11.8 Å². The lowest BCUT2D eigenvalue weighted by Gasteiger charge is -2.33. The van der Waals surface area contributed by atoms with Crippen molar-refractivity contribution in [3.05, 3.63) is 157 Å². The average molecular weight is 635 g/mol. The Hall–Kier alpha value is -5.65. The zero-order valence-corrected chi connectivity index (χ0v) is 27.4. The fraction of sp³-hybridized carbons (Fsp3) is 0.0698. The third kappa shape index (κ3) is 3.79. The maximum atomic E-state index is 5.40. The van der Waals surface area contributed by atoms with Crippen LogP contribution in [0.25, 0.3) is 66.5 Å². The molecular formula is C43H30N4S. The number of aromatic nitrogens is 4. The van der Waals surface area contributed by atoms with E-state index in [1.165, 1.54) is 42.7 Å². The number of benzene rings is 6. The lowest BCUT2D eigenvalue weighted by atomic mass is 9.77. The molecule has 228 valence electrons. The molecule has 0 aliphatic carbocycles. The predicted molar refractivity (Wildman–Crippen MR) is 199 cm³/mol. The van der Waals surface area contributed by atoms with E-state index in [9.17, 15) is 0 Å². The Kier molecular flexibility index (Phi) is 5.82. The van der Waals surface area contributed by atoms with Crippen molar-refractivity contribution in [2.75, 3.05) is 0 Å². The summed E-state index contributed by atoms with van der Waals surface area (Å²) in [7, 11) is 0. The van der Waals surface area contributed by atoms with Gasteiger partial charge < -0.3 is 4.57 Å². The first-order valence-corrected chi connectivity index (χ1v) is 17.2. The van der Waals surface area contributed by atoms with Crippen LogP contribution in [0.3, 0.4) is 0 Å². The smallest absolute Gasteiger partial charge is 0.235 e. The van der Waals surface area contributed by atoms with E-state index in [0.29, 0.717) is 5.95 Å². The summed E-state index contributed by atoms with van der Waals surface area (Å²) in [5.74, 6) is 0.667. The van der Waals surface area contributed by atoms with Crippen molar-refractivity contribution in [1.29, 1.82) is 0 Å². The molecule has 9 aromatic rings. The molecule has 5 heteroatoms. The molecule has 1 aliphatic rings. The second kappa shape index (κ2) is 10.2. The molecule has 0 amide bonds. The first kappa shape index (κ1) is 27.5. The van der Waals surface area contributed by atoms with Gasteiger partial charge in [0, 0.05) is 48.7 Å². The summed E-state index contributed by atoms with van der Waals surface area (Å²) in [6.45, 7) is 4.75. The van der Waals surface area contributed by atoms with Gasteiger partial charge in [-0.25, -0.2) is 9.97 Å². The van der Waals surface area contributed by atoms with Gasteiger partial charge in [-0.05, 0) is 35.9 Å². The SMILES string of the molecule is CC1(C)c2ccccc2Sc2c1c1ccc3c4ccccc4n(-c4nc(-c5ccccc5)c5ccccc5n4)c3c1n2-c1ccccc1. The number of rotatable bonds is 3. The van der Waals surface area contributed by atoms with Crippen molar-refractivity contribution in [3.8, 4) is 22.9 Å². The number of hydrogen-bond acceptors (Lipinski definition) is 3. The average Bonchev–Trinajstić information content (AvgIpc) is 3.65. The Bertz CT molecular complexity index is 2720. The molecule has 0 bridgehead atoms. The van der Waals surface area contributed by atoms with Crippen LogP contribution in [0.5, 0.6) is 0 Å². The zero-order valence-electron chi connectivity index (χ0n) is 26.6. The topological polar surface area (TPSA) is 35.6 Å². The van der Waals surface area contributed by atoms with Gasteiger partial charge >= 0.3 is 0 Å². The summed E-state index contributed by atoms with van der Waals surface area (Å²) >= 11 is 1.87. The van der Waals surface area contributed by atoms with Crippen LogP contribution in [-0.2, 0) is 5.41 Å². The van der Waals surface area contributed by atoms with Crippen molar-refractivity contribution in [1.82, 2.24) is 19.1 Å². The standard InChI is InChI=1S/C43H30N4S/c1-43(2)33-21-11-14-24-36(33)48-41-37(43)32-26-25-30-29-19-10-13-23-35(29)47(39(30)40(32)46(41)28-17-7-4-8-18-28)42-44-34-22-12-9-20-31(34)38(45-42)27-15-5-3-6-16-27/h3-26H,1-2H3. The highest BCUT2D eigenvalue weighted by molar-refractivity contribution is 7.99. The highest BCUT2D eigenvalue weighted by atomic mass is 32.2. The van der Waals surface area contributed by atoms with Gasteiger partial charge in [0.2, 0.25) is 5.95 Å². The number of fused-ring (bicyclic) bond motifs is 9. The third-order valence-electron chi connectivity index (χ3n) is 9.96.